The van der Waals surface area contributed by atoms with E-state index in [1.54, 1.807) is 12.1 Å². The summed E-state index contributed by atoms with van der Waals surface area (Å²) >= 11 is 1.19. The molecule has 1 N–H and O–H groups in total. The summed E-state index contributed by atoms with van der Waals surface area (Å²) in [5.74, 6) is -0.984. The smallest absolute Gasteiger partial charge is 0.313 e. The van der Waals surface area contributed by atoms with Gasteiger partial charge in [-0.15, -0.1) is 11.8 Å². The second kappa shape index (κ2) is 7.59. The fourth-order valence-corrected chi connectivity index (χ4v) is 3.67. The van der Waals surface area contributed by atoms with Gasteiger partial charge in [-0.25, -0.2) is 9.37 Å². The maximum atomic E-state index is 13.3. The molecule has 0 aliphatic carbocycles. The molecule has 0 aliphatic heterocycles. The quantitative estimate of drug-likeness (QED) is 0.504. The summed E-state index contributed by atoms with van der Waals surface area (Å²) in [4.78, 5) is 32.5. The van der Waals surface area contributed by atoms with Crippen LogP contribution in [0.5, 0.6) is 0 Å². The number of carbonyl (C=O) groups is 1. The summed E-state index contributed by atoms with van der Waals surface area (Å²) in [6, 6.07) is 12.6. The van der Waals surface area contributed by atoms with Gasteiger partial charge in [-0.1, -0.05) is 12.1 Å². The van der Waals surface area contributed by atoms with Crippen LogP contribution in [0, 0.1) is 5.82 Å². The molecule has 1 atom stereocenters. The van der Waals surface area contributed by atoms with E-state index in [0.717, 1.165) is 0 Å². The molecule has 9 heteroatoms. The number of halogens is 1. The first-order valence-corrected chi connectivity index (χ1v) is 9.78. The average Bonchev–Trinajstić information content (AvgIpc) is 2.71. The van der Waals surface area contributed by atoms with Crippen molar-refractivity contribution in [2.45, 2.75) is 12.2 Å². The van der Waals surface area contributed by atoms with Gasteiger partial charge in [0.2, 0.25) is 0 Å². The van der Waals surface area contributed by atoms with E-state index in [1.165, 1.54) is 40.5 Å². The number of hydrogen-bond acceptors (Lipinski definition) is 6. The number of aromatic nitrogens is 4. The number of aliphatic carboxylic acids is 1. The van der Waals surface area contributed by atoms with Crippen molar-refractivity contribution in [3.05, 3.63) is 70.5 Å². The summed E-state index contributed by atoms with van der Waals surface area (Å²) in [7, 11) is 0. The molecule has 0 saturated heterocycles. The van der Waals surface area contributed by atoms with E-state index in [1.807, 2.05) is 19.1 Å². The van der Waals surface area contributed by atoms with Crippen molar-refractivity contribution in [3.8, 4) is 11.3 Å². The zero-order valence-electron chi connectivity index (χ0n) is 15.2. The lowest BCUT2D eigenvalue weighted by Gasteiger charge is -2.15. The maximum absolute atomic E-state index is 13.3. The predicted octanol–water partition coefficient (Wildman–Crippen LogP) is 3.32. The number of rotatable bonds is 5. The minimum Gasteiger partial charge on any atom is -0.481 e. The van der Waals surface area contributed by atoms with Crippen LogP contribution in [0.3, 0.4) is 0 Å². The number of hydrogen-bond donors (Lipinski definition) is 1. The molecule has 0 radical (unpaired) electrons. The van der Waals surface area contributed by atoms with Gasteiger partial charge in [-0.2, -0.15) is 14.6 Å². The van der Waals surface area contributed by atoms with E-state index < -0.39 is 17.3 Å². The lowest BCUT2D eigenvalue weighted by atomic mass is 10.1. The summed E-state index contributed by atoms with van der Waals surface area (Å²) in [5.41, 5.74) is 0.932. The third kappa shape index (κ3) is 3.68. The molecule has 0 aliphatic rings. The second-order valence-corrected chi connectivity index (χ2v) is 7.67. The van der Waals surface area contributed by atoms with Crippen LogP contribution in [0.25, 0.3) is 27.8 Å². The molecule has 2 aromatic carbocycles. The van der Waals surface area contributed by atoms with Gasteiger partial charge in [-0.3, -0.25) is 9.59 Å². The van der Waals surface area contributed by atoms with E-state index in [2.05, 4.69) is 15.1 Å². The first kappa shape index (κ1) is 19.0. The van der Waals surface area contributed by atoms with E-state index in [4.69, 9.17) is 5.11 Å². The van der Waals surface area contributed by atoms with Crippen molar-refractivity contribution in [2.24, 2.45) is 0 Å². The molecular weight excluding hydrogens is 395 g/mol. The fourth-order valence-electron chi connectivity index (χ4n) is 2.97. The van der Waals surface area contributed by atoms with E-state index in [0.29, 0.717) is 27.9 Å². The highest BCUT2D eigenvalue weighted by Crippen LogP contribution is 2.29. The number of carboxylic acids is 1. The van der Waals surface area contributed by atoms with Crippen molar-refractivity contribution in [3.63, 3.8) is 0 Å². The molecule has 0 bridgehead atoms. The molecule has 4 aromatic rings. The Bertz CT molecular complexity index is 1290. The highest BCUT2D eigenvalue weighted by Gasteiger charge is 2.19. The monoisotopic (exact) mass is 410 g/mol. The lowest BCUT2D eigenvalue weighted by Crippen LogP contribution is -2.19. The van der Waals surface area contributed by atoms with Gasteiger partial charge in [0, 0.05) is 10.9 Å². The van der Waals surface area contributed by atoms with Crippen LogP contribution in [0.4, 0.5) is 4.39 Å². The molecule has 0 amide bonds. The summed E-state index contributed by atoms with van der Waals surface area (Å²) in [5, 5.41) is 13.8. The van der Waals surface area contributed by atoms with Crippen molar-refractivity contribution in [2.75, 3.05) is 5.75 Å². The Morgan fingerprint density at radius 3 is 2.62 bits per heavy atom. The topological polar surface area (TPSA) is 97.5 Å². The predicted molar refractivity (Wildman–Crippen MR) is 108 cm³/mol. The van der Waals surface area contributed by atoms with Crippen LogP contribution in [0.2, 0.25) is 0 Å². The van der Waals surface area contributed by atoms with Crippen LogP contribution in [0.15, 0.2) is 53.3 Å². The molecule has 0 spiro atoms. The Balaban J connectivity index is 1.98. The molecule has 2 heterocycles. The van der Waals surface area contributed by atoms with Gasteiger partial charge in [0.05, 0.1) is 16.5 Å². The fraction of sp³-hybridized carbons (Fsp3) is 0.150. The summed E-state index contributed by atoms with van der Waals surface area (Å²) in [6.07, 6.45) is 0. The summed E-state index contributed by atoms with van der Waals surface area (Å²) in [6.45, 7) is 1.82. The minimum atomic E-state index is -0.933. The van der Waals surface area contributed by atoms with Crippen LogP contribution in [-0.2, 0) is 4.79 Å². The molecular formula is C20H15FN4O3S. The SMILES string of the molecule is CC(SCC(=O)O)c1nc2ccccc2c2nc(=O)c(-c3ccc(F)cc3)nn12. The van der Waals surface area contributed by atoms with Crippen LogP contribution in [0.1, 0.15) is 18.0 Å². The Labute approximate surface area is 168 Å². The molecule has 146 valence electrons. The van der Waals surface area contributed by atoms with E-state index in [-0.39, 0.29) is 16.7 Å². The van der Waals surface area contributed by atoms with Gasteiger partial charge in [0.25, 0.3) is 5.56 Å². The largest absolute Gasteiger partial charge is 0.481 e. The number of para-hydroxylation sites is 1. The number of fused-ring (bicyclic) bond motifs is 3. The van der Waals surface area contributed by atoms with E-state index >= 15 is 0 Å². The third-order valence-corrected chi connectivity index (χ3v) is 5.47. The van der Waals surface area contributed by atoms with Gasteiger partial charge in [-0.05, 0) is 43.3 Å². The van der Waals surface area contributed by atoms with Crippen LogP contribution in [-0.4, -0.2) is 36.4 Å². The van der Waals surface area contributed by atoms with Gasteiger partial charge in [0.15, 0.2) is 11.3 Å². The normalized spacial score (nSPS) is 12.3. The summed E-state index contributed by atoms with van der Waals surface area (Å²) < 4.78 is 14.7. The molecule has 0 saturated carbocycles. The minimum absolute atomic E-state index is 0.0660. The van der Waals surface area contributed by atoms with Crippen molar-refractivity contribution in [1.29, 1.82) is 0 Å². The van der Waals surface area contributed by atoms with Gasteiger partial charge in [0.1, 0.15) is 11.6 Å². The maximum Gasteiger partial charge on any atom is 0.313 e. The molecule has 0 fully saturated rings. The zero-order chi connectivity index (χ0) is 20.5. The van der Waals surface area contributed by atoms with Gasteiger partial charge >= 0.3 is 5.97 Å². The van der Waals surface area contributed by atoms with Crippen molar-refractivity contribution >= 4 is 34.3 Å². The molecule has 4 rings (SSSR count). The van der Waals surface area contributed by atoms with Crippen molar-refractivity contribution < 1.29 is 14.3 Å². The first-order valence-electron chi connectivity index (χ1n) is 8.73. The number of carboxylic acid groups (broad SMARTS) is 1. The Morgan fingerprint density at radius 2 is 1.90 bits per heavy atom. The zero-order valence-corrected chi connectivity index (χ0v) is 16.1. The average molecular weight is 410 g/mol. The van der Waals surface area contributed by atoms with Crippen molar-refractivity contribution in [1.82, 2.24) is 19.6 Å². The Kier molecular flexibility index (Phi) is 4.98. The lowest BCUT2D eigenvalue weighted by molar-refractivity contribution is -0.133. The standard InChI is InChI=1S/C20H15FN4O3S/c1-11(29-10-16(26)27)18-22-15-5-3-2-4-14(15)19-23-20(28)17(24-25(18)19)12-6-8-13(21)9-7-12/h2-9,11H,10H2,1H3,(H,26,27). The second-order valence-electron chi connectivity index (χ2n) is 6.34. The van der Waals surface area contributed by atoms with Gasteiger partial charge < -0.3 is 5.11 Å². The first-order chi connectivity index (χ1) is 13.9. The highest BCUT2D eigenvalue weighted by atomic mass is 32.2. The Morgan fingerprint density at radius 1 is 1.17 bits per heavy atom. The van der Waals surface area contributed by atoms with Crippen LogP contribution < -0.4 is 5.56 Å². The molecule has 1 unspecified atom stereocenters. The highest BCUT2D eigenvalue weighted by molar-refractivity contribution is 8.00. The molecule has 29 heavy (non-hydrogen) atoms. The van der Waals surface area contributed by atoms with Crippen LogP contribution >= 0.6 is 11.8 Å². The third-order valence-electron chi connectivity index (χ3n) is 4.35. The molecule has 7 nitrogen and oxygen atoms in total. The number of benzene rings is 2. The number of thioether (sulfide) groups is 1. The number of nitrogens with zero attached hydrogens (tertiary/aromatic N) is 4. The Hall–Kier alpha value is -3.33. The molecule has 2 aromatic heterocycles. The van der Waals surface area contributed by atoms with E-state index in [9.17, 15) is 14.0 Å².